The molecule has 4 atom stereocenters. The molecule has 1 saturated carbocycles. The first kappa shape index (κ1) is 33.0. The largest absolute Gasteiger partial charge is 0.460 e. The van der Waals surface area contributed by atoms with E-state index >= 15 is 4.39 Å². The summed E-state index contributed by atoms with van der Waals surface area (Å²) in [6.07, 6.45) is 14.1. The Balaban J connectivity index is 2.14. The van der Waals surface area contributed by atoms with Crippen molar-refractivity contribution in [3.05, 3.63) is 59.1 Å². The maximum Gasteiger partial charge on any atom is 0.251 e. The van der Waals surface area contributed by atoms with Crippen molar-refractivity contribution >= 4 is 41.1 Å². The SMILES string of the molecule is CC(F)/C(=C\C=C/CCl)C(C)(F)CN(CC1CCCCC1)C1=C(C2=CC(Cl)C=CN=C2)NC(C(=N)OCN)=NC1N. The number of allylic oxidation sites excluding steroid dienone is 6. The molecule has 1 aliphatic carbocycles. The van der Waals surface area contributed by atoms with Gasteiger partial charge in [-0.1, -0.05) is 43.6 Å². The summed E-state index contributed by atoms with van der Waals surface area (Å²) < 4.78 is 36.6. The zero-order valence-corrected chi connectivity index (χ0v) is 25.1. The lowest BCUT2D eigenvalue weighted by molar-refractivity contribution is 0.123. The standard InChI is InChI=1S/C29H41Cl2F2N7O/c1-19(32)23(10-6-7-12-30)29(2,33)17-40(16-20-8-4-3-5-9-20)25-24(21-14-22(31)11-13-37-15-21)38-28(39-26(25)35)27(36)41-18-34/h6-7,10-11,13-15,19-20,22,26,36H,3-5,8-9,12,16-18,34-35H2,1-2H3,(H,38,39)/b7-6-,23-10+,36-27?. The molecule has 0 aromatic carbocycles. The van der Waals surface area contributed by atoms with Gasteiger partial charge in [0.05, 0.1) is 23.3 Å². The summed E-state index contributed by atoms with van der Waals surface area (Å²) in [5, 5.41) is 10.9. The summed E-state index contributed by atoms with van der Waals surface area (Å²) in [7, 11) is 0. The first-order valence-corrected chi connectivity index (χ1v) is 14.9. The van der Waals surface area contributed by atoms with Gasteiger partial charge in [-0.05, 0) is 38.7 Å². The van der Waals surface area contributed by atoms with Crippen molar-refractivity contribution in [2.75, 3.05) is 25.7 Å². The second-order valence-corrected chi connectivity index (χ2v) is 11.3. The topological polar surface area (TPSA) is 125 Å². The van der Waals surface area contributed by atoms with Gasteiger partial charge in [-0.2, -0.15) is 0 Å². The molecule has 0 amide bonds. The minimum Gasteiger partial charge on any atom is -0.460 e. The Morgan fingerprint density at radius 1 is 1.37 bits per heavy atom. The number of nitrogens with two attached hydrogens (primary N) is 2. The van der Waals surface area contributed by atoms with Crippen LogP contribution in [0.3, 0.4) is 0 Å². The van der Waals surface area contributed by atoms with Crippen molar-refractivity contribution in [3.8, 4) is 0 Å². The van der Waals surface area contributed by atoms with Gasteiger partial charge in [-0.15, -0.1) is 23.2 Å². The number of rotatable bonds is 12. The third-order valence-corrected chi connectivity index (χ3v) is 7.70. The number of aliphatic imine (C=N–C) groups is 2. The molecule has 4 unspecified atom stereocenters. The number of nitrogens with one attached hydrogen (secondary N) is 2. The fourth-order valence-corrected chi connectivity index (χ4v) is 5.70. The second kappa shape index (κ2) is 15.6. The molecule has 0 radical (unpaired) electrons. The summed E-state index contributed by atoms with van der Waals surface area (Å²) in [5.41, 5.74) is 11.6. The highest BCUT2D eigenvalue weighted by molar-refractivity contribution is 6.37. The van der Waals surface area contributed by atoms with E-state index in [1.807, 2.05) is 4.90 Å². The molecule has 0 aromatic rings. The third kappa shape index (κ3) is 9.23. The fourth-order valence-electron chi connectivity index (χ4n) is 5.39. The fraction of sp³-hybridized carbons (Fsp3) is 0.552. The van der Waals surface area contributed by atoms with E-state index in [2.05, 4.69) is 15.3 Å². The zero-order valence-electron chi connectivity index (χ0n) is 23.6. The Morgan fingerprint density at radius 3 is 2.76 bits per heavy atom. The predicted molar refractivity (Wildman–Crippen MR) is 165 cm³/mol. The van der Waals surface area contributed by atoms with E-state index < -0.39 is 23.4 Å². The normalized spacial score (nSPS) is 24.3. The molecule has 2 heterocycles. The Labute approximate surface area is 251 Å². The Morgan fingerprint density at radius 2 is 2.10 bits per heavy atom. The van der Waals surface area contributed by atoms with Crippen LogP contribution in [0.5, 0.6) is 0 Å². The van der Waals surface area contributed by atoms with Crippen LogP contribution in [0.4, 0.5) is 8.78 Å². The van der Waals surface area contributed by atoms with Crippen LogP contribution in [-0.2, 0) is 4.74 Å². The second-order valence-electron chi connectivity index (χ2n) is 10.5. The van der Waals surface area contributed by atoms with Crippen LogP contribution in [0.2, 0.25) is 0 Å². The molecule has 2 aliphatic heterocycles. The first-order chi connectivity index (χ1) is 19.6. The lowest BCUT2D eigenvalue weighted by Gasteiger charge is -2.41. The molecule has 3 rings (SSSR count). The molecule has 12 heteroatoms. The zero-order chi connectivity index (χ0) is 30.0. The van der Waals surface area contributed by atoms with Gasteiger partial charge < -0.3 is 20.7 Å². The summed E-state index contributed by atoms with van der Waals surface area (Å²) in [5.74, 6) is 0.302. The van der Waals surface area contributed by atoms with E-state index in [0.29, 0.717) is 23.5 Å². The maximum atomic E-state index is 16.6. The molecule has 3 aliphatic rings. The van der Waals surface area contributed by atoms with Crippen molar-refractivity contribution < 1.29 is 13.5 Å². The van der Waals surface area contributed by atoms with Crippen LogP contribution < -0.4 is 16.8 Å². The van der Waals surface area contributed by atoms with Crippen LogP contribution in [0.15, 0.2) is 69.1 Å². The molecule has 0 bridgehead atoms. The van der Waals surface area contributed by atoms with Gasteiger partial charge in [0.25, 0.3) is 5.90 Å². The highest BCUT2D eigenvalue weighted by Crippen LogP contribution is 2.34. The number of ether oxygens (including phenoxy) is 1. The van der Waals surface area contributed by atoms with Gasteiger partial charge in [0.15, 0.2) is 5.84 Å². The van der Waals surface area contributed by atoms with Crippen LogP contribution in [-0.4, -0.2) is 71.9 Å². The highest BCUT2D eigenvalue weighted by Gasteiger charge is 2.39. The van der Waals surface area contributed by atoms with Crippen LogP contribution in [0.25, 0.3) is 0 Å². The summed E-state index contributed by atoms with van der Waals surface area (Å²) in [6, 6.07) is 0. The maximum absolute atomic E-state index is 16.6. The minimum atomic E-state index is -2.07. The number of hydrogen-bond donors (Lipinski definition) is 4. The monoisotopic (exact) mass is 611 g/mol. The van der Waals surface area contributed by atoms with Gasteiger partial charge >= 0.3 is 0 Å². The van der Waals surface area contributed by atoms with Gasteiger partial charge in [-0.3, -0.25) is 16.1 Å². The van der Waals surface area contributed by atoms with Gasteiger partial charge in [0.2, 0.25) is 0 Å². The van der Waals surface area contributed by atoms with Crippen LogP contribution in [0.1, 0.15) is 46.0 Å². The van der Waals surface area contributed by atoms with E-state index in [1.54, 1.807) is 36.7 Å². The molecule has 1 fully saturated rings. The third-order valence-electron chi connectivity index (χ3n) is 7.25. The first-order valence-electron chi connectivity index (χ1n) is 13.9. The average Bonchev–Trinajstić information content (AvgIpc) is 3.14. The number of amidine groups is 1. The van der Waals surface area contributed by atoms with Crippen LogP contribution >= 0.6 is 23.2 Å². The Hall–Kier alpha value is -2.53. The molecule has 0 aromatic heterocycles. The quantitative estimate of drug-likeness (QED) is 0.0792. The average molecular weight is 613 g/mol. The molecular weight excluding hydrogens is 571 g/mol. The van der Waals surface area contributed by atoms with Gasteiger partial charge in [0, 0.05) is 36.0 Å². The molecule has 0 spiro atoms. The van der Waals surface area contributed by atoms with Crippen molar-refractivity contribution in [3.63, 3.8) is 0 Å². The molecule has 6 N–H and O–H groups in total. The summed E-state index contributed by atoms with van der Waals surface area (Å²) >= 11 is 12.2. The summed E-state index contributed by atoms with van der Waals surface area (Å²) in [6.45, 7) is 2.79. The number of halogens is 4. The molecule has 41 heavy (non-hydrogen) atoms. The molecule has 226 valence electrons. The summed E-state index contributed by atoms with van der Waals surface area (Å²) in [4.78, 5) is 10.6. The van der Waals surface area contributed by atoms with Gasteiger partial charge in [-0.25, -0.2) is 13.8 Å². The lowest BCUT2D eigenvalue weighted by Crippen LogP contribution is -2.51. The lowest BCUT2D eigenvalue weighted by atomic mass is 9.87. The van der Waals surface area contributed by atoms with Crippen molar-refractivity contribution in [1.29, 1.82) is 5.41 Å². The van der Waals surface area contributed by atoms with E-state index in [9.17, 15) is 4.39 Å². The van der Waals surface area contributed by atoms with Gasteiger partial charge in [0.1, 0.15) is 24.7 Å². The molecule has 8 nitrogen and oxygen atoms in total. The van der Waals surface area contributed by atoms with Crippen molar-refractivity contribution in [1.82, 2.24) is 10.2 Å². The smallest absolute Gasteiger partial charge is 0.251 e. The van der Waals surface area contributed by atoms with Crippen molar-refractivity contribution in [2.45, 2.75) is 69.3 Å². The number of alkyl halides is 4. The van der Waals surface area contributed by atoms with E-state index in [1.165, 1.54) is 19.9 Å². The number of hydrogen-bond acceptors (Lipinski definition) is 8. The van der Waals surface area contributed by atoms with E-state index in [-0.39, 0.29) is 42.4 Å². The van der Waals surface area contributed by atoms with Crippen LogP contribution in [0, 0.1) is 11.3 Å². The molecular formula is C29H41Cl2F2N7O. The van der Waals surface area contributed by atoms with Crippen molar-refractivity contribution in [2.24, 2.45) is 27.4 Å². The Bertz CT molecular complexity index is 1140. The number of nitrogens with zero attached hydrogens (tertiary/aromatic N) is 3. The van der Waals surface area contributed by atoms with E-state index in [0.717, 1.165) is 32.1 Å². The predicted octanol–water partition coefficient (Wildman–Crippen LogP) is 5.22. The minimum absolute atomic E-state index is 0.00502. The van der Waals surface area contributed by atoms with E-state index in [4.69, 9.17) is 44.8 Å². The Kier molecular flexibility index (Phi) is 12.6. The molecule has 0 saturated heterocycles. The highest BCUT2D eigenvalue weighted by atomic mass is 35.5.